The second-order valence-corrected chi connectivity index (χ2v) is 6.78. The fourth-order valence-electron chi connectivity index (χ4n) is 3.28. The van der Waals surface area contributed by atoms with Gasteiger partial charge in [0.15, 0.2) is 0 Å². The van der Waals surface area contributed by atoms with E-state index in [9.17, 15) is 14.4 Å². The Kier molecular flexibility index (Phi) is 5.54. The Labute approximate surface area is 158 Å². The van der Waals surface area contributed by atoms with Crippen LogP contribution in [0.2, 0.25) is 0 Å². The van der Waals surface area contributed by atoms with Crippen LogP contribution in [0.3, 0.4) is 0 Å². The number of carbonyl (C=O) groups excluding carboxylic acids is 3. The van der Waals surface area contributed by atoms with Crippen LogP contribution in [0.4, 0.5) is 11.4 Å². The van der Waals surface area contributed by atoms with Crippen LogP contribution in [0.25, 0.3) is 0 Å². The third kappa shape index (κ3) is 4.53. The van der Waals surface area contributed by atoms with Crippen LogP contribution >= 0.6 is 0 Å². The Morgan fingerprint density at radius 3 is 2.19 bits per heavy atom. The fraction of sp³-hybridized carbons (Fsp3) is 0.286. The molecule has 6 heteroatoms. The van der Waals surface area contributed by atoms with E-state index in [1.165, 1.54) is 6.92 Å². The molecule has 140 valence electrons. The molecule has 3 rings (SSSR count). The average Bonchev–Trinajstić information content (AvgIpc) is 3.05. The second-order valence-electron chi connectivity index (χ2n) is 6.78. The van der Waals surface area contributed by atoms with E-state index in [4.69, 9.17) is 0 Å². The summed E-state index contributed by atoms with van der Waals surface area (Å²) in [6.45, 7) is 3.83. The molecule has 0 spiro atoms. The van der Waals surface area contributed by atoms with E-state index >= 15 is 0 Å². The van der Waals surface area contributed by atoms with Gasteiger partial charge in [0.2, 0.25) is 17.7 Å². The molecule has 3 amide bonds. The molecule has 0 aromatic heterocycles. The third-order valence-electron chi connectivity index (χ3n) is 4.75. The summed E-state index contributed by atoms with van der Waals surface area (Å²) in [4.78, 5) is 37.8. The van der Waals surface area contributed by atoms with Crippen molar-refractivity contribution in [1.82, 2.24) is 4.90 Å². The smallest absolute Gasteiger partial charge is 0.229 e. The molecule has 1 aliphatic heterocycles. The maximum atomic E-state index is 12.6. The fourth-order valence-corrected chi connectivity index (χ4v) is 3.28. The number of benzene rings is 2. The normalized spacial score (nSPS) is 17.5. The number of rotatable bonds is 5. The molecule has 6 nitrogen and oxygen atoms in total. The lowest BCUT2D eigenvalue weighted by molar-refractivity contribution is -0.129. The van der Waals surface area contributed by atoms with Gasteiger partial charge in [0.1, 0.15) is 0 Å². The Morgan fingerprint density at radius 1 is 1.00 bits per heavy atom. The lowest BCUT2D eigenvalue weighted by Gasteiger charge is -2.25. The first-order chi connectivity index (χ1) is 12.9. The van der Waals surface area contributed by atoms with Crippen molar-refractivity contribution < 1.29 is 14.4 Å². The van der Waals surface area contributed by atoms with Crippen molar-refractivity contribution in [2.75, 3.05) is 17.2 Å². The molecule has 2 atom stereocenters. The maximum Gasteiger partial charge on any atom is 0.229 e. The molecule has 0 unspecified atom stereocenters. The highest BCUT2D eigenvalue weighted by Crippen LogP contribution is 2.29. The van der Waals surface area contributed by atoms with Gasteiger partial charge in [-0.1, -0.05) is 30.3 Å². The number of carbonyl (C=O) groups is 3. The maximum absolute atomic E-state index is 12.6. The predicted molar refractivity (Wildman–Crippen MR) is 104 cm³/mol. The second kappa shape index (κ2) is 8.03. The number of nitrogens with zero attached hydrogens (tertiary/aromatic N) is 1. The third-order valence-corrected chi connectivity index (χ3v) is 4.75. The summed E-state index contributed by atoms with van der Waals surface area (Å²) >= 11 is 0. The van der Waals surface area contributed by atoms with E-state index in [-0.39, 0.29) is 36.1 Å². The van der Waals surface area contributed by atoms with Crippen LogP contribution in [0, 0.1) is 5.92 Å². The zero-order chi connectivity index (χ0) is 19.4. The van der Waals surface area contributed by atoms with Gasteiger partial charge in [-0.25, -0.2) is 0 Å². The highest BCUT2D eigenvalue weighted by molar-refractivity contribution is 5.97. The Balaban J connectivity index is 1.61. The van der Waals surface area contributed by atoms with E-state index in [0.717, 1.165) is 5.56 Å². The molecule has 2 aromatic rings. The van der Waals surface area contributed by atoms with Crippen LogP contribution < -0.4 is 10.6 Å². The Hall–Kier alpha value is -3.15. The summed E-state index contributed by atoms with van der Waals surface area (Å²) in [7, 11) is 0. The van der Waals surface area contributed by atoms with Crippen molar-refractivity contribution in [3.63, 3.8) is 0 Å². The molecule has 1 fully saturated rings. The molecule has 1 aliphatic rings. The molecule has 2 N–H and O–H groups in total. The molecule has 1 heterocycles. The van der Waals surface area contributed by atoms with E-state index in [1.54, 1.807) is 29.2 Å². The predicted octanol–water partition coefficient (Wildman–Crippen LogP) is 3.19. The van der Waals surface area contributed by atoms with Gasteiger partial charge in [0.25, 0.3) is 0 Å². The van der Waals surface area contributed by atoms with Gasteiger partial charge in [-0.2, -0.15) is 0 Å². The van der Waals surface area contributed by atoms with Crippen molar-refractivity contribution in [2.45, 2.75) is 26.3 Å². The number of hydrogen-bond acceptors (Lipinski definition) is 3. The van der Waals surface area contributed by atoms with E-state index in [2.05, 4.69) is 10.6 Å². The molecule has 0 bridgehead atoms. The van der Waals surface area contributed by atoms with Crippen LogP contribution in [0.15, 0.2) is 54.6 Å². The van der Waals surface area contributed by atoms with Crippen LogP contribution in [0.5, 0.6) is 0 Å². The highest BCUT2D eigenvalue weighted by Gasteiger charge is 2.36. The van der Waals surface area contributed by atoms with Gasteiger partial charge in [-0.05, 0) is 36.8 Å². The Bertz CT molecular complexity index is 834. The highest BCUT2D eigenvalue weighted by atomic mass is 16.2. The van der Waals surface area contributed by atoms with Gasteiger partial charge >= 0.3 is 0 Å². The standard InChI is InChI=1S/C21H23N3O3/c1-14(16-6-4-3-5-7-16)24-13-17(12-20(24)26)21(27)23-19-10-8-18(9-11-19)22-15(2)25/h3-11,14,17H,12-13H2,1-2H3,(H,22,25)(H,23,27)/t14-,17-/m1/s1. The van der Waals surface area contributed by atoms with Crippen molar-refractivity contribution in [3.05, 3.63) is 60.2 Å². The topological polar surface area (TPSA) is 78.5 Å². The number of anilines is 2. The average molecular weight is 365 g/mol. The van der Waals surface area contributed by atoms with Gasteiger partial charge in [-0.15, -0.1) is 0 Å². The largest absolute Gasteiger partial charge is 0.335 e. The summed E-state index contributed by atoms with van der Waals surface area (Å²) in [5.41, 5.74) is 2.36. The number of hydrogen-bond donors (Lipinski definition) is 2. The van der Waals surface area contributed by atoms with E-state index in [0.29, 0.717) is 17.9 Å². The van der Waals surface area contributed by atoms with E-state index < -0.39 is 0 Å². The van der Waals surface area contributed by atoms with Crippen LogP contribution in [-0.4, -0.2) is 29.2 Å². The number of nitrogens with one attached hydrogen (secondary N) is 2. The van der Waals surface area contributed by atoms with Crippen molar-refractivity contribution in [3.8, 4) is 0 Å². The van der Waals surface area contributed by atoms with Gasteiger partial charge in [0, 0.05) is 31.3 Å². The minimum absolute atomic E-state index is 0.00694. The number of likely N-dealkylation sites (tertiary alicyclic amines) is 1. The lowest BCUT2D eigenvalue weighted by Crippen LogP contribution is -2.30. The molecule has 0 radical (unpaired) electrons. The van der Waals surface area contributed by atoms with Crippen molar-refractivity contribution >= 4 is 29.1 Å². The van der Waals surface area contributed by atoms with Gasteiger partial charge in [0.05, 0.1) is 12.0 Å². The van der Waals surface area contributed by atoms with Crippen molar-refractivity contribution in [2.24, 2.45) is 5.92 Å². The van der Waals surface area contributed by atoms with Crippen LogP contribution in [-0.2, 0) is 14.4 Å². The first-order valence-corrected chi connectivity index (χ1v) is 8.97. The minimum atomic E-state index is -0.376. The first kappa shape index (κ1) is 18.6. The number of amides is 3. The quantitative estimate of drug-likeness (QED) is 0.854. The minimum Gasteiger partial charge on any atom is -0.335 e. The summed E-state index contributed by atoms with van der Waals surface area (Å²) < 4.78 is 0. The molecule has 2 aromatic carbocycles. The molecule has 0 aliphatic carbocycles. The lowest BCUT2D eigenvalue weighted by atomic mass is 10.1. The zero-order valence-corrected chi connectivity index (χ0v) is 15.4. The molecule has 0 saturated carbocycles. The van der Waals surface area contributed by atoms with Gasteiger partial charge < -0.3 is 15.5 Å². The summed E-state index contributed by atoms with van der Waals surface area (Å²) in [5.74, 6) is -0.700. The first-order valence-electron chi connectivity index (χ1n) is 8.97. The molecule has 27 heavy (non-hydrogen) atoms. The summed E-state index contributed by atoms with van der Waals surface area (Å²) in [6.07, 6.45) is 0.215. The SMILES string of the molecule is CC(=O)Nc1ccc(NC(=O)[C@@H]2CC(=O)N([C@H](C)c3ccccc3)C2)cc1. The van der Waals surface area contributed by atoms with Crippen LogP contribution in [0.1, 0.15) is 31.9 Å². The molecule has 1 saturated heterocycles. The molecular formula is C21H23N3O3. The summed E-state index contributed by atoms with van der Waals surface area (Å²) in [6, 6.07) is 16.6. The molecular weight excluding hydrogens is 342 g/mol. The van der Waals surface area contributed by atoms with Gasteiger partial charge in [-0.3, -0.25) is 14.4 Å². The zero-order valence-electron chi connectivity index (χ0n) is 15.4. The van der Waals surface area contributed by atoms with E-state index in [1.807, 2.05) is 37.3 Å². The monoisotopic (exact) mass is 365 g/mol. The van der Waals surface area contributed by atoms with Crippen molar-refractivity contribution in [1.29, 1.82) is 0 Å². The Morgan fingerprint density at radius 2 is 1.59 bits per heavy atom. The summed E-state index contributed by atoms with van der Waals surface area (Å²) in [5, 5.41) is 5.53.